The van der Waals surface area contributed by atoms with Gasteiger partial charge in [-0.1, -0.05) is 24.2 Å². The average molecular weight is 279 g/mol. The topological polar surface area (TPSA) is 42.0 Å². The number of pyridine rings is 1. The monoisotopic (exact) mass is 278 g/mol. The summed E-state index contributed by atoms with van der Waals surface area (Å²) < 4.78 is 37.1. The minimum atomic E-state index is -4.55. The molecule has 1 unspecified atom stereocenters. The van der Waals surface area contributed by atoms with Gasteiger partial charge in [0.2, 0.25) is 5.91 Å². The first-order chi connectivity index (χ1) is 8.25. The Morgan fingerprint density at radius 2 is 2.17 bits per heavy atom. The summed E-state index contributed by atoms with van der Waals surface area (Å²) in [5, 5.41) is 2.19. The summed E-state index contributed by atoms with van der Waals surface area (Å²) in [5.74, 6) is -0.446. The van der Waals surface area contributed by atoms with Crippen molar-refractivity contribution in [2.24, 2.45) is 0 Å². The van der Waals surface area contributed by atoms with Gasteiger partial charge in [0.25, 0.3) is 0 Å². The van der Waals surface area contributed by atoms with E-state index in [1.54, 1.807) is 6.92 Å². The molecule has 0 spiro atoms. The molecule has 1 atom stereocenters. The van der Waals surface area contributed by atoms with E-state index in [1.807, 2.05) is 0 Å². The summed E-state index contributed by atoms with van der Waals surface area (Å²) >= 11 is 5.67. The molecule has 18 heavy (non-hydrogen) atoms. The van der Waals surface area contributed by atoms with Crippen LogP contribution in [0.4, 0.5) is 13.2 Å². The van der Waals surface area contributed by atoms with Gasteiger partial charge in [0.15, 0.2) is 0 Å². The molecule has 98 valence electrons. The van der Waals surface area contributed by atoms with E-state index in [0.717, 1.165) is 12.1 Å². The largest absolute Gasteiger partial charge is 0.433 e. The SMILES string of the molecule is C=CC(=O)NC(C)c1ccc(C(F)(F)F)nc1Cl. The van der Waals surface area contributed by atoms with Gasteiger partial charge < -0.3 is 5.32 Å². The Kier molecular flexibility index (Phi) is 4.34. The molecule has 0 aromatic carbocycles. The van der Waals surface area contributed by atoms with E-state index in [2.05, 4.69) is 16.9 Å². The van der Waals surface area contributed by atoms with Crippen molar-refractivity contribution in [1.29, 1.82) is 0 Å². The first-order valence-electron chi connectivity index (χ1n) is 4.92. The summed E-state index contributed by atoms with van der Waals surface area (Å²) in [6.07, 6.45) is -3.49. The van der Waals surface area contributed by atoms with E-state index in [9.17, 15) is 18.0 Å². The van der Waals surface area contributed by atoms with Crippen molar-refractivity contribution < 1.29 is 18.0 Å². The summed E-state index contributed by atoms with van der Waals surface area (Å²) in [5.41, 5.74) is -0.765. The Balaban J connectivity index is 2.99. The third kappa shape index (κ3) is 3.46. The lowest BCUT2D eigenvalue weighted by molar-refractivity contribution is -0.141. The number of aromatic nitrogens is 1. The Morgan fingerprint density at radius 3 is 2.61 bits per heavy atom. The number of halogens is 4. The van der Waals surface area contributed by atoms with Crippen LogP contribution in [0.25, 0.3) is 0 Å². The van der Waals surface area contributed by atoms with E-state index in [-0.39, 0.29) is 5.15 Å². The van der Waals surface area contributed by atoms with Crippen LogP contribution in [-0.2, 0) is 11.0 Å². The molecule has 0 fully saturated rings. The highest BCUT2D eigenvalue weighted by Crippen LogP contribution is 2.30. The standard InChI is InChI=1S/C11H10ClF3N2O/c1-3-9(18)16-6(2)7-4-5-8(11(13,14)15)17-10(7)12/h3-6H,1H2,2H3,(H,16,18). The average Bonchev–Trinajstić information content (AvgIpc) is 2.27. The van der Waals surface area contributed by atoms with Gasteiger partial charge >= 0.3 is 6.18 Å². The lowest BCUT2D eigenvalue weighted by atomic mass is 10.1. The smallest absolute Gasteiger partial charge is 0.346 e. The number of nitrogens with one attached hydrogen (secondary N) is 1. The predicted molar refractivity (Wildman–Crippen MR) is 61.0 cm³/mol. The third-order valence-electron chi connectivity index (χ3n) is 2.18. The Bertz CT molecular complexity index is 474. The molecule has 7 heteroatoms. The van der Waals surface area contributed by atoms with Gasteiger partial charge in [-0.15, -0.1) is 0 Å². The molecule has 0 aliphatic rings. The van der Waals surface area contributed by atoms with Gasteiger partial charge in [-0.05, 0) is 19.1 Å². The lowest BCUT2D eigenvalue weighted by Crippen LogP contribution is -2.25. The molecule has 0 aliphatic carbocycles. The molecule has 0 saturated carbocycles. The number of hydrogen-bond donors (Lipinski definition) is 1. The fraction of sp³-hybridized carbons (Fsp3) is 0.273. The molecular weight excluding hydrogens is 269 g/mol. The van der Waals surface area contributed by atoms with E-state index in [0.29, 0.717) is 5.56 Å². The van der Waals surface area contributed by atoms with Crippen LogP contribution in [0.15, 0.2) is 24.8 Å². The van der Waals surface area contributed by atoms with Crippen molar-refractivity contribution in [3.05, 3.63) is 41.2 Å². The highest BCUT2D eigenvalue weighted by Gasteiger charge is 2.33. The fourth-order valence-electron chi connectivity index (χ4n) is 1.28. The molecule has 3 nitrogen and oxygen atoms in total. The Morgan fingerprint density at radius 1 is 1.56 bits per heavy atom. The quantitative estimate of drug-likeness (QED) is 0.682. The highest BCUT2D eigenvalue weighted by molar-refractivity contribution is 6.30. The summed E-state index contributed by atoms with van der Waals surface area (Å²) in [7, 11) is 0. The molecule has 0 bridgehead atoms. The molecule has 0 radical (unpaired) electrons. The number of rotatable bonds is 3. The van der Waals surface area contributed by atoms with Gasteiger partial charge in [-0.2, -0.15) is 13.2 Å². The van der Waals surface area contributed by atoms with Crippen LogP contribution in [0.3, 0.4) is 0 Å². The normalized spacial score (nSPS) is 12.9. The van der Waals surface area contributed by atoms with E-state index >= 15 is 0 Å². The summed E-state index contributed by atoms with van der Waals surface area (Å²) in [4.78, 5) is 14.3. The zero-order chi connectivity index (χ0) is 13.9. The van der Waals surface area contributed by atoms with Crippen molar-refractivity contribution in [2.45, 2.75) is 19.1 Å². The summed E-state index contributed by atoms with van der Waals surface area (Å²) in [6.45, 7) is 4.85. The predicted octanol–water partition coefficient (Wildman–Crippen LogP) is 3.12. The second-order valence-electron chi connectivity index (χ2n) is 3.51. The van der Waals surface area contributed by atoms with E-state index < -0.39 is 23.8 Å². The molecule has 1 heterocycles. The molecule has 0 saturated heterocycles. The fourth-order valence-corrected chi connectivity index (χ4v) is 1.59. The van der Waals surface area contributed by atoms with Crippen molar-refractivity contribution in [1.82, 2.24) is 10.3 Å². The van der Waals surface area contributed by atoms with Crippen LogP contribution >= 0.6 is 11.6 Å². The van der Waals surface area contributed by atoms with Crippen molar-refractivity contribution >= 4 is 17.5 Å². The van der Waals surface area contributed by atoms with Gasteiger partial charge in [0, 0.05) is 5.56 Å². The molecule has 1 aromatic heterocycles. The van der Waals surface area contributed by atoms with Gasteiger partial charge in [-0.25, -0.2) is 4.98 Å². The molecular formula is C11H10ClF3N2O. The second kappa shape index (κ2) is 5.39. The van der Waals surface area contributed by atoms with Crippen LogP contribution < -0.4 is 5.32 Å². The molecule has 0 aliphatic heterocycles. The maximum atomic E-state index is 12.4. The maximum Gasteiger partial charge on any atom is 0.433 e. The molecule has 1 amide bonds. The lowest BCUT2D eigenvalue weighted by Gasteiger charge is -2.15. The second-order valence-corrected chi connectivity index (χ2v) is 3.87. The molecule has 1 N–H and O–H groups in total. The van der Waals surface area contributed by atoms with Crippen LogP contribution in [0, 0.1) is 0 Å². The first-order valence-corrected chi connectivity index (χ1v) is 5.30. The Hall–Kier alpha value is -1.56. The van der Waals surface area contributed by atoms with Crippen LogP contribution in [0.5, 0.6) is 0 Å². The minimum absolute atomic E-state index is 0.290. The highest BCUT2D eigenvalue weighted by atomic mass is 35.5. The van der Waals surface area contributed by atoms with Crippen LogP contribution in [0.1, 0.15) is 24.2 Å². The number of carbonyl (C=O) groups is 1. The van der Waals surface area contributed by atoms with Crippen molar-refractivity contribution in [3.63, 3.8) is 0 Å². The molecule has 1 aromatic rings. The van der Waals surface area contributed by atoms with Crippen molar-refractivity contribution in [2.75, 3.05) is 0 Å². The van der Waals surface area contributed by atoms with E-state index in [4.69, 9.17) is 11.6 Å². The number of nitrogens with zero attached hydrogens (tertiary/aromatic N) is 1. The maximum absolute atomic E-state index is 12.4. The third-order valence-corrected chi connectivity index (χ3v) is 2.48. The van der Waals surface area contributed by atoms with Gasteiger partial charge in [-0.3, -0.25) is 4.79 Å². The zero-order valence-corrected chi connectivity index (χ0v) is 10.1. The number of amides is 1. The zero-order valence-electron chi connectivity index (χ0n) is 9.38. The van der Waals surface area contributed by atoms with Gasteiger partial charge in [0.05, 0.1) is 6.04 Å². The number of carbonyl (C=O) groups excluding carboxylic acids is 1. The van der Waals surface area contributed by atoms with Crippen molar-refractivity contribution in [3.8, 4) is 0 Å². The van der Waals surface area contributed by atoms with Crippen LogP contribution in [-0.4, -0.2) is 10.9 Å². The molecule has 1 rings (SSSR count). The van der Waals surface area contributed by atoms with Crippen LogP contribution in [0.2, 0.25) is 5.15 Å². The first kappa shape index (κ1) is 14.5. The number of alkyl halides is 3. The number of hydrogen-bond acceptors (Lipinski definition) is 2. The minimum Gasteiger partial charge on any atom is -0.346 e. The van der Waals surface area contributed by atoms with Gasteiger partial charge in [0.1, 0.15) is 10.8 Å². The Labute approximate surface area is 107 Å². The van der Waals surface area contributed by atoms with E-state index in [1.165, 1.54) is 6.07 Å². The summed E-state index contributed by atoms with van der Waals surface area (Å²) in [6, 6.07) is 1.45.